The van der Waals surface area contributed by atoms with E-state index in [1.165, 1.54) is 23.1 Å². The van der Waals surface area contributed by atoms with Gasteiger partial charge in [-0.25, -0.2) is 0 Å². The second-order valence-corrected chi connectivity index (χ2v) is 4.84. The van der Waals surface area contributed by atoms with Crippen molar-refractivity contribution in [2.75, 3.05) is 20.6 Å². The van der Waals surface area contributed by atoms with Crippen LogP contribution >= 0.6 is 0 Å². The molecule has 2 heteroatoms. The summed E-state index contributed by atoms with van der Waals surface area (Å²) in [6.07, 6.45) is 6.02. The fourth-order valence-corrected chi connectivity index (χ4v) is 2.05. The van der Waals surface area contributed by atoms with Crippen LogP contribution in [0.3, 0.4) is 0 Å². The van der Waals surface area contributed by atoms with Gasteiger partial charge in [0.15, 0.2) is 0 Å². The smallest absolute Gasteiger partial charge is 0.0273 e. The zero-order chi connectivity index (χ0) is 12.8. The van der Waals surface area contributed by atoms with Gasteiger partial charge < -0.3 is 4.90 Å². The average molecular weight is 240 g/mol. The lowest BCUT2D eigenvalue weighted by molar-refractivity contribution is 0.400. The Labute approximate surface area is 109 Å². The van der Waals surface area contributed by atoms with Crippen LogP contribution in [0.2, 0.25) is 0 Å². The monoisotopic (exact) mass is 240 g/mol. The van der Waals surface area contributed by atoms with Crippen LogP contribution in [-0.4, -0.2) is 30.5 Å². The Morgan fingerprint density at radius 1 is 1.00 bits per heavy atom. The lowest BCUT2D eigenvalue weighted by atomic mass is 10.0. The molecule has 0 unspecified atom stereocenters. The third-order valence-electron chi connectivity index (χ3n) is 3.01. The maximum Gasteiger partial charge on any atom is 0.0273 e. The van der Waals surface area contributed by atoms with Crippen LogP contribution in [0, 0.1) is 0 Å². The van der Waals surface area contributed by atoms with Crippen LogP contribution in [0.15, 0.2) is 48.8 Å². The summed E-state index contributed by atoms with van der Waals surface area (Å²) in [4.78, 5) is 6.29. The molecule has 0 aliphatic rings. The fraction of sp³-hybridized carbons (Fsp3) is 0.312. The first-order valence-electron chi connectivity index (χ1n) is 6.40. The van der Waals surface area contributed by atoms with Gasteiger partial charge >= 0.3 is 0 Å². The summed E-state index contributed by atoms with van der Waals surface area (Å²) in [7, 11) is 4.24. The van der Waals surface area contributed by atoms with E-state index in [9.17, 15) is 0 Å². The minimum Gasteiger partial charge on any atom is -0.309 e. The van der Waals surface area contributed by atoms with Crippen molar-refractivity contribution in [3.05, 3.63) is 54.4 Å². The Morgan fingerprint density at radius 2 is 1.78 bits per heavy atom. The molecular weight excluding hydrogens is 220 g/mol. The van der Waals surface area contributed by atoms with E-state index in [1.54, 1.807) is 0 Å². The van der Waals surface area contributed by atoms with Crippen LogP contribution in [0.1, 0.15) is 12.0 Å². The van der Waals surface area contributed by atoms with Crippen LogP contribution in [0.5, 0.6) is 0 Å². The first-order chi connectivity index (χ1) is 8.75. The molecule has 0 aliphatic heterocycles. The summed E-state index contributed by atoms with van der Waals surface area (Å²) in [5.41, 5.74) is 3.92. The van der Waals surface area contributed by atoms with Gasteiger partial charge in [0.2, 0.25) is 0 Å². The number of hydrogen-bond donors (Lipinski definition) is 0. The predicted molar refractivity (Wildman–Crippen MR) is 76.5 cm³/mol. The van der Waals surface area contributed by atoms with Crippen molar-refractivity contribution in [1.29, 1.82) is 0 Å². The normalized spacial score (nSPS) is 10.8. The molecule has 2 rings (SSSR count). The predicted octanol–water partition coefficient (Wildman–Crippen LogP) is 3.24. The fourth-order valence-electron chi connectivity index (χ4n) is 2.05. The van der Waals surface area contributed by atoms with Gasteiger partial charge in [0.1, 0.15) is 0 Å². The Morgan fingerprint density at radius 3 is 2.50 bits per heavy atom. The molecule has 0 spiro atoms. The molecule has 0 saturated carbocycles. The third-order valence-corrected chi connectivity index (χ3v) is 3.01. The first-order valence-corrected chi connectivity index (χ1v) is 6.40. The van der Waals surface area contributed by atoms with Crippen molar-refractivity contribution in [1.82, 2.24) is 9.88 Å². The van der Waals surface area contributed by atoms with Gasteiger partial charge in [0.05, 0.1) is 0 Å². The molecule has 1 heterocycles. The lowest BCUT2D eigenvalue weighted by Gasteiger charge is -2.09. The highest BCUT2D eigenvalue weighted by Gasteiger charge is 1.99. The molecule has 94 valence electrons. The van der Waals surface area contributed by atoms with Crippen LogP contribution in [0.25, 0.3) is 11.1 Å². The van der Waals surface area contributed by atoms with E-state index in [-0.39, 0.29) is 0 Å². The van der Waals surface area contributed by atoms with E-state index in [2.05, 4.69) is 60.4 Å². The molecule has 0 N–H and O–H groups in total. The highest BCUT2D eigenvalue weighted by molar-refractivity contribution is 5.63. The zero-order valence-electron chi connectivity index (χ0n) is 11.1. The van der Waals surface area contributed by atoms with Crippen LogP contribution in [-0.2, 0) is 6.42 Å². The Hall–Kier alpha value is -1.67. The van der Waals surface area contributed by atoms with Gasteiger partial charge in [-0.15, -0.1) is 0 Å². The maximum absolute atomic E-state index is 4.06. The second-order valence-electron chi connectivity index (χ2n) is 4.84. The Balaban J connectivity index is 2.06. The van der Waals surface area contributed by atoms with Gasteiger partial charge in [0, 0.05) is 12.4 Å². The summed E-state index contributed by atoms with van der Waals surface area (Å²) < 4.78 is 0. The van der Waals surface area contributed by atoms with E-state index in [1.807, 2.05) is 12.4 Å². The van der Waals surface area contributed by atoms with Gasteiger partial charge in [-0.1, -0.05) is 24.3 Å². The molecule has 1 aromatic heterocycles. The van der Waals surface area contributed by atoms with Gasteiger partial charge in [-0.2, -0.15) is 0 Å². The van der Waals surface area contributed by atoms with E-state index in [0.717, 1.165) is 13.0 Å². The SMILES string of the molecule is CN(C)CCCc1cccc(-c2ccncc2)c1. The van der Waals surface area contributed by atoms with Gasteiger partial charge in [0.25, 0.3) is 0 Å². The summed E-state index contributed by atoms with van der Waals surface area (Å²) in [6, 6.07) is 12.9. The van der Waals surface area contributed by atoms with Crippen molar-refractivity contribution < 1.29 is 0 Å². The summed E-state index contributed by atoms with van der Waals surface area (Å²) in [5.74, 6) is 0. The van der Waals surface area contributed by atoms with Crippen molar-refractivity contribution in [2.45, 2.75) is 12.8 Å². The molecule has 0 aliphatic carbocycles. The summed E-state index contributed by atoms with van der Waals surface area (Å²) in [5, 5.41) is 0. The molecule has 0 amide bonds. The summed E-state index contributed by atoms with van der Waals surface area (Å²) >= 11 is 0. The van der Waals surface area contributed by atoms with E-state index in [4.69, 9.17) is 0 Å². The molecule has 0 saturated heterocycles. The highest BCUT2D eigenvalue weighted by atomic mass is 15.0. The standard InChI is InChI=1S/C16H20N2/c1-18(2)12-4-6-14-5-3-7-16(13-14)15-8-10-17-11-9-15/h3,5,7-11,13H,4,6,12H2,1-2H3. The van der Waals surface area contributed by atoms with Crippen molar-refractivity contribution in [3.8, 4) is 11.1 Å². The van der Waals surface area contributed by atoms with Crippen LogP contribution in [0.4, 0.5) is 0 Å². The van der Waals surface area contributed by atoms with Gasteiger partial charge in [-0.05, 0) is 62.3 Å². The van der Waals surface area contributed by atoms with Crippen molar-refractivity contribution in [2.24, 2.45) is 0 Å². The lowest BCUT2D eigenvalue weighted by Crippen LogP contribution is -2.13. The molecule has 2 nitrogen and oxygen atoms in total. The summed E-state index contributed by atoms with van der Waals surface area (Å²) in [6.45, 7) is 1.14. The second kappa shape index (κ2) is 6.31. The Bertz CT molecular complexity index is 477. The Kier molecular flexibility index (Phi) is 4.48. The minimum atomic E-state index is 1.14. The van der Waals surface area contributed by atoms with E-state index < -0.39 is 0 Å². The molecule has 0 bridgehead atoms. The molecule has 1 aromatic carbocycles. The highest BCUT2D eigenvalue weighted by Crippen LogP contribution is 2.20. The van der Waals surface area contributed by atoms with E-state index >= 15 is 0 Å². The molecule has 0 radical (unpaired) electrons. The van der Waals surface area contributed by atoms with Crippen LogP contribution < -0.4 is 0 Å². The van der Waals surface area contributed by atoms with Gasteiger partial charge in [-0.3, -0.25) is 4.98 Å². The largest absolute Gasteiger partial charge is 0.309 e. The average Bonchev–Trinajstić information content (AvgIpc) is 2.40. The minimum absolute atomic E-state index is 1.14. The third kappa shape index (κ3) is 3.67. The molecular formula is C16H20N2. The number of benzene rings is 1. The molecule has 0 fully saturated rings. The molecule has 0 atom stereocenters. The molecule has 2 aromatic rings. The zero-order valence-corrected chi connectivity index (χ0v) is 11.1. The number of rotatable bonds is 5. The van der Waals surface area contributed by atoms with E-state index in [0.29, 0.717) is 0 Å². The number of nitrogens with zero attached hydrogens (tertiary/aromatic N) is 2. The number of aryl methyl sites for hydroxylation is 1. The first kappa shape index (κ1) is 12.8. The maximum atomic E-state index is 4.06. The van der Waals surface area contributed by atoms with Crippen molar-refractivity contribution in [3.63, 3.8) is 0 Å². The number of aromatic nitrogens is 1. The molecule has 18 heavy (non-hydrogen) atoms. The number of pyridine rings is 1. The van der Waals surface area contributed by atoms with Crippen molar-refractivity contribution >= 4 is 0 Å². The number of hydrogen-bond acceptors (Lipinski definition) is 2. The quantitative estimate of drug-likeness (QED) is 0.797. The topological polar surface area (TPSA) is 16.1 Å².